The Morgan fingerprint density at radius 3 is 2.41 bits per heavy atom. The van der Waals surface area contributed by atoms with E-state index in [2.05, 4.69) is 23.5 Å². The summed E-state index contributed by atoms with van der Waals surface area (Å²) in [5.41, 5.74) is 2.40. The van der Waals surface area contributed by atoms with Crippen LogP contribution in [0, 0.1) is 17.2 Å². The third kappa shape index (κ3) is 4.87. The summed E-state index contributed by atoms with van der Waals surface area (Å²) in [6.45, 7) is 0. The van der Waals surface area contributed by atoms with Gasteiger partial charge in [0.15, 0.2) is 0 Å². The molecule has 6 heteroatoms. The van der Waals surface area contributed by atoms with Gasteiger partial charge in [-0.15, -0.1) is 11.8 Å². The normalized spacial score (nSPS) is 18.7. The van der Waals surface area contributed by atoms with Crippen molar-refractivity contribution in [2.75, 3.05) is 12.9 Å². The first kappa shape index (κ1) is 20.7. The van der Waals surface area contributed by atoms with Crippen LogP contribution in [0.5, 0.6) is 0 Å². The summed E-state index contributed by atoms with van der Waals surface area (Å²) < 4.78 is 4.85. The third-order valence-electron chi connectivity index (χ3n) is 4.84. The van der Waals surface area contributed by atoms with Crippen molar-refractivity contribution in [3.8, 4) is 6.07 Å². The highest BCUT2D eigenvalue weighted by molar-refractivity contribution is 8.03. The van der Waals surface area contributed by atoms with Crippen LogP contribution >= 0.6 is 11.8 Å². The van der Waals surface area contributed by atoms with Crippen molar-refractivity contribution in [2.24, 2.45) is 5.92 Å². The maximum absolute atomic E-state index is 12.7. The smallest absolute Gasteiger partial charge is 0.319 e. The maximum Gasteiger partial charge on any atom is 0.319 e. The lowest BCUT2D eigenvalue weighted by molar-refractivity contribution is -0.150. The first-order chi connectivity index (χ1) is 14.2. The van der Waals surface area contributed by atoms with Gasteiger partial charge < -0.3 is 10.1 Å². The second-order valence-electron chi connectivity index (χ2n) is 6.67. The molecule has 0 fully saturated rings. The fourth-order valence-electron chi connectivity index (χ4n) is 3.44. The molecule has 1 heterocycles. The largest absolute Gasteiger partial charge is 0.468 e. The quantitative estimate of drug-likeness (QED) is 0.430. The van der Waals surface area contributed by atoms with Gasteiger partial charge in [0.05, 0.1) is 23.8 Å². The first-order valence-electron chi connectivity index (χ1n) is 9.40. The molecule has 3 rings (SSSR count). The van der Waals surface area contributed by atoms with E-state index in [1.54, 1.807) is 0 Å². The number of rotatable bonds is 7. The summed E-state index contributed by atoms with van der Waals surface area (Å²) in [6, 6.07) is 21.6. The average Bonchev–Trinajstić information content (AvgIpc) is 2.77. The summed E-state index contributed by atoms with van der Waals surface area (Å²) in [4.78, 5) is 25.1. The van der Waals surface area contributed by atoms with Crippen molar-refractivity contribution in [3.63, 3.8) is 0 Å². The number of aryl methyl sites for hydroxylation is 1. The highest BCUT2D eigenvalue weighted by Gasteiger charge is 2.44. The molecule has 1 aliphatic rings. The van der Waals surface area contributed by atoms with E-state index in [0.29, 0.717) is 10.6 Å². The van der Waals surface area contributed by atoms with Crippen LogP contribution < -0.4 is 5.32 Å². The zero-order chi connectivity index (χ0) is 20.6. The summed E-state index contributed by atoms with van der Waals surface area (Å²) in [6.07, 6.45) is 1.83. The molecule has 0 bridgehead atoms. The number of allylic oxidation sites excluding steroid dienone is 1. The highest BCUT2D eigenvalue weighted by atomic mass is 32.2. The van der Waals surface area contributed by atoms with Crippen LogP contribution in [0.15, 0.2) is 71.3 Å². The van der Waals surface area contributed by atoms with E-state index in [9.17, 15) is 14.9 Å². The Kier molecular flexibility index (Phi) is 7.09. The van der Waals surface area contributed by atoms with Gasteiger partial charge in [0.2, 0.25) is 5.91 Å². The summed E-state index contributed by atoms with van der Waals surface area (Å²) in [5, 5.41) is 13.2. The molecule has 0 unspecified atom stereocenters. The lowest BCUT2D eigenvalue weighted by Gasteiger charge is -2.31. The Hall–Kier alpha value is -3.04. The topological polar surface area (TPSA) is 79.2 Å². The van der Waals surface area contributed by atoms with Gasteiger partial charge in [-0.3, -0.25) is 9.59 Å². The summed E-state index contributed by atoms with van der Waals surface area (Å²) >= 11 is 1.45. The SMILES string of the molecule is COC(=O)[C@@H]1C(=O)NC(SCCCc2ccccc2)=C(C#N)[C@H]1c1ccccc1. The number of thioether (sulfide) groups is 1. The number of amides is 1. The van der Waals surface area contributed by atoms with Crippen LogP contribution in [-0.4, -0.2) is 24.7 Å². The van der Waals surface area contributed by atoms with Crippen molar-refractivity contribution in [1.82, 2.24) is 5.32 Å². The number of carbonyl (C=O) groups is 2. The van der Waals surface area contributed by atoms with Crippen molar-refractivity contribution >= 4 is 23.6 Å². The molecule has 1 N–H and O–H groups in total. The van der Waals surface area contributed by atoms with Crippen molar-refractivity contribution in [1.29, 1.82) is 5.26 Å². The molecule has 2 aromatic carbocycles. The van der Waals surface area contributed by atoms with E-state index in [-0.39, 0.29) is 0 Å². The van der Waals surface area contributed by atoms with Crippen LogP contribution in [0.4, 0.5) is 0 Å². The van der Waals surface area contributed by atoms with Gasteiger partial charge in [0, 0.05) is 5.92 Å². The summed E-state index contributed by atoms with van der Waals surface area (Å²) in [5.74, 6) is -2.06. The third-order valence-corrected chi connectivity index (χ3v) is 5.94. The molecule has 0 aliphatic carbocycles. The van der Waals surface area contributed by atoms with Gasteiger partial charge in [-0.1, -0.05) is 60.7 Å². The van der Waals surface area contributed by atoms with Gasteiger partial charge in [0.25, 0.3) is 0 Å². The molecular formula is C23H22N2O3S. The van der Waals surface area contributed by atoms with Gasteiger partial charge in [0.1, 0.15) is 5.92 Å². The van der Waals surface area contributed by atoms with E-state index in [1.165, 1.54) is 24.4 Å². The van der Waals surface area contributed by atoms with E-state index in [4.69, 9.17) is 4.74 Å². The van der Waals surface area contributed by atoms with Gasteiger partial charge in [-0.05, 0) is 29.7 Å². The molecule has 0 radical (unpaired) electrons. The van der Waals surface area contributed by atoms with Gasteiger partial charge in [-0.25, -0.2) is 0 Å². The molecule has 29 heavy (non-hydrogen) atoms. The van der Waals surface area contributed by atoms with Crippen molar-refractivity contribution in [3.05, 3.63) is 82.4 Å². The first-order valence-corrected chi connectivity index (χ1v) is 10.4. The molecular weight excluding hydrogens is 384 g/mol. The number of hydrogen-bond acceptors (Lipinski definition) is 5. The number of nitriles is 1. The predicted octanol–water partition coefficient (Wildman–Crippen LogP) is 3.79. The number of benzene rings is 2. The van der Waals surface area contributed by atoms with Crippen LogP contribution in [0.1, 0.15) is 23.5 Å². The number of nitrogens with zero attached hydrogens (tertiary/aromatic N) is 1. The second kappa shape index (κ2) is 9.94. The lowest BCUT2D eigenvalue weighted by atomic mass is 9.78. The minimum atomic E-state index is -1.08. The van der Waals surface area contributed by atoms with Gasteiger partial charge >= 0.3 is 5.97 Å². The number of ether oxygens (including phenoxy) is 1. The Labute approximate surface area is 174 Å². The van der Waals surface area contributed by atoms with E-state index in [1.807, 2.05) is 48.5 Å². The Balaban J connectivity index is 1.82. The van der Waals surface area contributed by atoms with E-state index >= 15 is 0 Å². The van der Waals surface area contributed by atoms with Crippen LogP contribution in [0.25, 0.3) is 0 Å². The van der Waals surface area contributed by atoms with E-state index in [0.717, 1.165) is 24.2 Å². The van der Waals surface area contributed by atoms with Crippen LogP contribution in [0.3, 0.4) is 0 Å². The van der Waals surface area contributed by atoms with Crippen LogP contribution in [0.2, 0.25) is 0 Å². The van der Waals surface area contributed by atoms with Crippen molar-refractivity contribution < 1.29 is 14.3 Å². The number of carbonyl (C=O) groups excluding carboxylic acids is 2. The molecule has 0 aromatic heterocycles. The lowest BCUT2D eigenvalue weighted by Crippen LogP contribution is -2.44. The molecule has 0 saturated heterocycles. The fraction of sp³-hybridized carbons (Fsp3) is 0.261. The van der Waals surface area contributed by atoms with E-state index < -0.39 is 23.7 Å². The molecule has 148 valence electrons. The molecule has 5 nitrogen and oxygen atoms in total. The standard InChI is InChI=1S/C23H22N2O3S/c1-28-23(27)20-19(17-12-6-3-7-13-17)18(15-24)22(25-21(20)26)29-14-8-11-16-9-4-2-5-10-16/h2-7,9-10,12-13,19-20H,8,11,14H2,1H3,(H,25,26)/t19-,20+/m1/s1. The minimum absolute atomic E-state index is 0.399. The van der Waals surface area contributed by atoms with Crippen LogP contribution in [-0.2, 0) is 20.7 Å². The molecule has 2 aromatic rings. The number of methoxy groups -OCH3 is 1. The number of hydrogen-bond donors (Lipinski definition) is 1. The Bertz CT molecular complexity index is 936. The maximum atomic E-state index is 12.7. The van der Waals surface area contributed by atoms with Gasteiger partial charge in [-0.2, -0.15) is 5.26 Å². The molecule has 2 atom stereocenters. The minimum Gasteiger partial charge on any atom is -0.468 e. The fourth-order valence-corrected chi connectivity index (χ4v) is 4.43. The average molecular weight is 407 g/mol. The molecule has 0 spiro atoms. The zero-order valence-electron chi connectivity index (χ0n) is 16.1. The number of esters is 1. The monoisotopic (exact) mass is 406 g/mol. The molecule has 0 saturated carbocycles. The number of nitrogens with one attached hydrogen (secondary N) is 1. The van der Waals surface area contributed by atoms with Crippen molar-refractivity contribution in [2.45, 2.75) is 18.8 Å². The summed E-state index contributed by atoms with van der Waals surface area (Å²) in [7, 11) is 1.25. The highest BCUT2D eigenvalue weighted by Crippen LogP contribution is 2.40. The second-order valence-corrected chi connectivity index (χ2v) is 7.78. The Morgan fingerprint density at radius 1 is 1.14 bits per heavy atom. The molecule has 1 amide bonds. The predicted molar refractivity (Wildman–Crippen MR) is 113 cm³/mol. The Morgan fingerprint density at radius 2 is 1.79 bits per heavy atom. The molecule has 1 aliphatic heterocycles. The zero-order valence-corrected chi connectivity index (χ0v) is 16.9.